The molecule has 9 nitrogen and oxygen atoms in total. The van der Waals surface area contributed by atoms with Crippen molar-refractivity contribution in [3.05, 3.63) is 60.8 Å². The Bertz CT molecular complexity index is 995. The van der Waals surface area contributed by atoms with Crippen LogP contribution in [0.1, 0.15) is 47.8 Å². The summed E-state index contributed by atoms with van der Waals surface area (Å²) in [6.45, 7) is 1.84. The van der Waals surface area contributed by atoms with E-state index >= 15 is 0 Å². The fourth-order valence-corrected chi connectivity index (χ4v) is 3.24. The van der Waals surface area contributed by atoms with Crippen LogP contribution in [0.4, 0.5) is 0 Å². The summed E-state index contributed by atoms with van der Waals surface area (Å²) in [6, 6.07) is 3.13. The molecule has 1 amide bonds. The summed E-state index contributed by atoms with van der Waals surface area (Å²) in [5.74, 6) is -0.504. The Balaban J connectivity index is 1.66. The zero-order valence-corrected chi connectivity index (χ0v) is 14.7. The fraction of sp³-hybridized carbons (Fsp3) is 0.471. The zero-order valence-electron chi connectivity index (χ0n) is 14.7. The first-order chi connectivity index (χ1) is 12.4. The van der Waals surface area contributed by atoms with Crippen LogP contribution in [0.15, 0.2) is 32.7 Å². The minimum absolute atomic E-state index is 0.0106. The Hall–Kier alpha value is -2.97. The highest BCUT2D eigenvalue weighted by Crippen LogP contribution is 2.27. The number of rotatable bonds is 3. The van der Waals surface area contributed by atoms with Crippen molar-refractivity contribution in [2.45, 2.75) is 44.7 Å². The van der Waals surface area contributed by atoms with Crippen LogP contribution in [-0.2, 0) is 7.05 Å². The average Bonchev–Trinajstić information content (AvgIpc) is 2.62. The molecule has 0 aromatic carbocycles. The molecular formula is C17H21N5O4. The number of aromatic amines is 1. The molecule has 0 radical (unpaired) electrons. The van der Waals surface area contributed by atoms with E-state index in [1.165, 1.54) is 17.8 Å². The summed E-state index contributed by atoms with van der Waals surface area (Å²) >= 11 is 0. The number of aryl methyl sites for hydroxylation is 1. The van der Waals surface area contributed by atoms with E-state index in [2.05, 4.69) is 15.4 Å². The van der Waals surface area contributed by atoms with E-state index in [-0.39, 0.29) is 23.2 Å². The third-order valence-corrected chi connectivity index (χ3v) is 4.76. The van der Waals surface area contributed by atoms with Gasteiger partial charge in [-0.2, -0.15) is 5.10 Å². The zero-order chi connectivity index (χ0) is 18.8. The van der Waals surface area contributed by atoms with E-state index in [0.717, 1.165) is 16.5 Å². The van der Waals surface area contributed by atoms with Crippen molar-refractivity contribution in [3.63, 3.8) is 0 Å². The van der Waals surface area contributed by atoms with E-state index in [4.69, 9.17) is 0 Å². The average molecular weight is 359 g/mol. The van der Waals surface area contributed by atoms with Crippen LogP contribution in [-0.4, -0.2) is 31.3 Å². The molecule has 1 aliphatic rings. The fourth-order valence-electron chi connectivity index (χ4n) is 3.24. The lowest BCUT2D eigenvalue weighted by Gasteiger charge is -2.29. The van der Waals surface area contributed by atoms with Crippen molar-refractivity contribution in [2.75, 3.05) is 0 Å². The number of nitrogens with zero attached hydrogens (tertiary/aromatic N) is 3. The maximum Gasteiger partial charge on any atom is 0.328 e. The molecule has 9 heteroatoms. The van der Waals surface area contributed by atoms with Crippen molar-refractivity contribution < 1.29 is 4.79 Å². The smallest absolute Gasteiger partial charge is 0.328 e. The van der Waals surface area contributed by atoms with Gasteiger partial charge in [-0.25, -0.2) is 9.48 Å². The minimum atomic E-state index is -0.629. The number of nitrogens with one attached hydrogen (secondary N) is 2. The van der Waals surface area contributed by atoms with Gasteiger partial charge in [0.05, 0.1) is 11.7 Å². The van der Waals surface area contributed by atoms with Gasteiger partial charge in [-0.1, -0.05) is 0 Å². The van der Waals surface area contributed by atoms with Crippen molar-refractivity contribution in [3.8, 4) is 0 Å². The lowest BCUT2D eigenvalue weighted by Crippen LogP contribution is -2.43. The molecule has 0 saturated heterocycles. The van der Waals surface area contributed by atoms with Gasteiger partial charge in [-0.15, -0.1) is 0 Å². The molecule has 3 rings (SSSR count). The molecule has 2 aromatic heterocycles. The van der Waals surface area contributed by atoms with Crippen molar-refractivity contribution >= 4 is 5.91 Å². The molecule has 0 aliphatic heterocycles. The lowest BCUT2D eigenvalue weighted by molar-refractivity contribution is 0.0918. The number of aromatic nitrogens is 4. The molecule has 2 heterocycles. The van der Waals surface area contributed by atoms with Gasteiger partial charge in [0.2, 0.25) is 0 Å². The third-order valence-electron chi connectivity index (χ3n) is 4.76. The normalized spacial score (nSPS) is 19.9. The monoisotopic (exact) mass is 359 g/mol. The topological polar surface area (TPSA) is 119 Å². The van der Waals surface area contributed by atoms with Crippen LogP contribution >= 0.6 is 0 Å². The van der Waals surface area contributed by atoms with Gasteiger partial charge in [0.25, 0.3) is 17.0 Å². The Kier molecular flexibility index (Phi) is 4.88. The van der Waals surface area contributed by atoms with E-state index in [9.17, 15) is 19.2 Å². The Labute approximate surface area is 148 Å². The number of H-pyrrole nitrogens is 1. The summed E-state index contributed by atoms with van der Waals surface area (Å²) in [6.07, 6.45) is 3.93. The molecule has 1 saturated carbocycles. The lowest BCUT2D eigenvalue weighted by atomic mass is 9.91. The Morgan fingerprint density at radius 1 is 1.19 bits per heavy atom. The first-order valence-electron chi connectivity index (χ1n) is 8.53. The Morgan fingerprint density at radius 3 is 2.58 bits per heavy atom. The molecule has 2 N–H and O–H groups in total. The van der Waals surface area contributed by atoms with E-state index in [1.807, 2.05) is 6.92 Å². The van der Waals surface area contributed by atoms with Gasteiger partial charge in [0.1, 0.15) is 5.56 Å². The van der Waals surface area contributed by atoms with Crippen molar-refractivity contribution in [2.24, 2.45) is 7.05 Å². The number of amides is 1. The third kappa shape index (κ3) is 3.51. The van der Waals surface area contributed by atoms with Gasteiger partial charge in [-0.05, 0) is 38.7 Å². The second-order valence-electron chi connectivity index (χ2n) is 6.61. The predicted octanol–water partition coefficient (Wildman–Crippen LogP) is -0.148. The molecule has 0 atom stereocenters. The second kappa shape index (κ2) is 7.11. The summed E-state index contributed by atoms with van der Waals surface area (Å²) in [4.78, 5) is 50.1. The number of hydrogen-bond acceptors (Lipinski definition) is 5. The highest BCUT2D eigenvalue weighted by molar-refractivity contribution is 5.93. The van der Waals surface area contributed by atoms with Crippen LogP contribution in [0.5, 0.6) is 0 Å². The van der Waals surface area contributed by atoms with Crippen LogP contribution in [0, 0.1) is 6.92 Å². The maximum absolute atomic E-state index is 12.3. The van der Waals surface area contributed by atoms with Crippen LogP contribution in [0.2, 0.25) is 0 Å². The maximum atomic E-state index is 12.3. The van der Waals surface area contributed by atoms with Crippen molar-refractivity contribution in [1.82, 2.24) is 24.6 Å². The van der Waals surface area contributed by atoms with E-state index in [1.54, 1.807) is 6.07 Å². The molecule has 1 fully saturated rings. The van der Waals surface area contributed by atoms with Crippen molar-refractivity contribution in [1.29, 1.82) is 0 Å². The van der Waals surface area contributed by atoms with Gasteiger partial charge in [0, 0.05) is 25.4 Å². The summed E-state index contributed by atoms with van der Waals surface area (Å²) in [5.41, 5.74) is -0.627. The summed E-state index contributed by atoms with van der Waals surface area (Å²) < 4.78 is 2.38. The number of hydrogen-bond donors (Lipinski definition) is 2. The summed E-state index contributed by atoms with van der Waals surface area (Å²) in [5, 5.41) is 7.14. The number of carbonyl (C=O) groups is 1. The van der Waals surface area contributed by atoms with Gasteiger partial charge in [0.15, 0.2) is 0 Å². The van der Waals surface area contributed by atoms with E-state index < -0.39 is 17.2 Å². The quantitative estimate of drug-likeness (QED) is 0.790. The van der Waals surface area contributed by atoms with Crippen LogP contribution in [0.25, 0.3) is 0 Å². The molecule has 0 spiro atoms. The molecular weight excluding hydrogens is 338 g/mol. The molecule has 2 aromatic rings. The highest BCUT2D eigenvalue weighted by atomic mass is 16.2. The minimum Gasteiger partial charge on any atom is -0.349 e. The van der Waals surface area contributed by atoms with Crippen LogP contribution < -0.4 is 22.1 Å². The largest absolute Gasteiger partial charge is 0.349 e. The first kappa shape index (κ1) is 17.8. The first-order valence-corrected chi connectivity index (χ1v) is 8.53. The molecule has 1 aliphatic carbocycles. The SMILES string of the molecule is Cc1ccc(=O)n(C2CCC(NC(=O)c3c[nH]c(=O)n(C)c3=O)CC2)n1. The Morgan fingerprint density at radius 2 is 1.88 bits per heavy atom. The molecule has 0 bridgehead atoms. The molecule has 26 heavy (non-hydrogen) atoms. The predicted molar refractivity (Wildman–Crippen MR) is 94.3 cm³/mol. The molecule has 138 valence electrons. The standard InChI is InChI=1S/C17H21N5O4/c1-10-3-8-14(23)22(20-10)12-6-4-11(5-7-12)19-15(24)13-9-18-17(26)21(2)16(13)25/h3,8-9,11-12H,4-7H2,1-2H3,(H,18,26)(H,19,24). The van der Waals surface area contributed by atoms with E-state index in [0.29, 0.717) is 25.7 Å². The van der Waals surface area contributed by atoms with Gasteiger partial charge in [-0.3, -0.25) is 19.0 Å². The second-order valence-corrected chi connectivity index (χ2v) is 6.61. The number of carbonyl (C=O) groups excluding carboxylic acids is 1. The van der Waals surface area contributed by atoms with Gasteiger partial charge < -0.3 is 10.3 Å². The van der Waals surface area contributed by atoms with Crippen LogP contribution in [0.3, 0.4) is 0 Å². The highest BCUT2D eigenvalue weighted by Gasteiger charge is 2.26. The van der Waals surface area contributed by atoms with Gasteiger partial charge >= 0.3 is 5.69 Å². The summed E-state index contributed by atoms with van der Waals surface area (Å²) in [7, 11) is 1.32. The molecule has 0 unspecified atom stereocenters.